The van der Waals surface area contributed by atoms with E-state index in [1.807, 2.05) is 6.07 Å². The highest BCUT2D eigenvalue weighted by molar-refractivity contribution is 5.60. The summed E-state index contributed by atoms with van der Waals surface area (Å²) in [5, 5.41) is 17.0. The van der Waals surface area contributed by atoms with Crippen LogP contribution in [0, 0.1) is 0 Å². The second kappa shape index (κ2) is 5.60. The van der Waals surface area contributed by atoms with Crippen LogP contribution in [0.1, 0.15) is 0 Å². The van der Waals surface area contributed by atoms with Gasteiger partial charge in [0.05, 0.1) is 7.11 Å². The van der Waals surface area contributed by atoms with Crippen LogP contribution < -0.4 is 15.8 Å². The lowest BCUT2D eigenvalue weighted by Crippen LogP contribution is -2.04. The van der Waals surface area contributed by atoms with Gasteiger partial charge >= 0.3 is 0 Å². The molecule has 0 fully saturated rings. The second-order valence-corrected chi connectivity index (χ2v) is 4.40. The van der Waals surface area contributed by atoms with E-state index in [2.05, 4.69) is 20.4 Å². The Kier molecular flexibility index (Phi) is 3.48. The van der Waals surface area contributed by atoms with Gasteiger partial charge in [-0.15, -0.1) is 5.10 Å². The summed E-state index contributed by atoms with van der Waals surface area (Å²) in [5.41, 5.74) is 6.45. The van der Waals surface area contributed by atoms with E-state index in [9.17, 15) is 5.11 Å². The van der Waals surface area contributed by atoms with Crippen molar-refractivity contribution in [1.29, 1.82) is 0 Å². The number of nitrogens with two attached hydrogens (primary N) is 1. The van der Waals surface area contributed by atoms with Gasteiger partial charge in [-0.2, -0.15) is 9.67 Å². The molecule has 0 unspecified atom stereocenters. The summed E-state index contributed by atoms with van der Waals surface area (Å²) in [5.74, 6) is 1.48. The van der Waals surface area contributed by atoms with Crippen molar-refractivity contribution in [3.63, 3.8) is 0 Å². The minimum atomic E-state index is 0.0182. The first kappa shape index (κ1) is 13.7. The fourth-order valence-corrected chi connectivity index (χ4v) is 1.92. The third-order valence-corrected chi connectivity index (χ3v) is 2.93. The average Bonchev–Trinajstić information content (AvgIpc) is 2.89. The van der Waals surface area contributed by atoms with E-state index in [1.165, 1.54) is 17.9 Å². The lowest BCUT2D eigenvalue weighted by Gasteiger charge is -2.06. The number of aromatic hydroxyl groups is 1. The number of methoxy groups -OCH3 is 1. The standard InChI is InChI=1S/C14H14N6O2/c1-22-11-6-5-9(8-10(11)21)17-14-18-13(15)20(19-14)12-4-2-3-7-16-12/h2-8,21H,1H3,(H3,15,17,18,19). The first-order chi connectivity index (χ1) is 10.7. The van der Waals surface area contributed by atoms with E-state index >= 15 is 0 Å². The zero-order valence-electron chi connectivity index (χ0n) is 11.8. The molecule has 2 heterocycles. The highest BCUT2D eigenvalue weighted by atomic mass is 16.5. The predicted molar refractivity (Wildman–Crippen MR) is 81.5 cm³/mol. The van der Waals surface area contributed by atoms with Gasteiger partial charge in [0, 0.05) is 18.0 Å². The van der Waals surface area contributed by atoms with Crippen LogP contribution in [0.4, 0.5) is 17.6 Å². The maximum absolute atomic E-state index is 9.76. The molecule has 4 N–H and O–H groups in total. The van der Waals surface area contributed by atoms with Gasteiger partial charge in [0.15, 0.2) is 17.3 Å². The number of hydrogen-bond acceptors (Lipinski definition) is 7. The minimum Gasteiger partial charge on any atom is -0.504 e. The Hall–Kier alpha value is -3.29. The molecule has 0 aliphatic carbocycles. The van der Waals surface area contributed by atoms with Crippen LogP contribution in [0.2, 0.25) is 0 Å². The highest BCUT2D eigenvalue weighted by Crippen LogP contribution is 2.29. The minimum absolute atomic E-state index is 0.0182. The zero-order chi connectivity index (χ0) is 15.5. The molecule has 0 spiro atoms. The van der Waals surface area contributed by atoms with Gasteiger partial charge in [0.25, 0.3) is 0 Å². The fourth-order valence-electron chi connectivity index (χ4n) is 1.92. The lowest BCUT2D eigenvalue weighted by atomic mass is 10.3. The number of nitrogen functional groups attached to an aromatic ring is 1. The molecule has 0 radical (unpaired) electrons. The molecule has 3 rings (SSSR count). The molecule has 2 aromatic heterocycles. The summed E-state index contributed by atoms with van der Waals surface area (Å²) in [6, 6.07) is 10.3. The Bertz CT molecular complexity index is 787. The molecule has 0 saturated heterocycles. The van der Waals surface area contributed by atoms with Crippen molar-refractivity contribution in [2.24, 2.45) is 0 Å². The summed E-state index contributed by atoms with van der Waals surface area (Å²) in [6.07, 6.45) is 1.64. The van der Waals surface area contributed by atoms with Gasteiger partial charge in [-0.3, -0.25) is 0 Å². The number of phenolic OH excluding ortho intramolecular Hbond substituents is 1. The molecular formula is C14H14N6O2. The zero-order valence-corrected chi connectivity index (χ0v) is 11.8. The van der Waals surface area contributed by atoms with E-state index in [1.54, 1.807) is 30.5 Å². The van der Waals surface area contributed by atoms with Crippen LogP contribution in [-0.2, 0) is 0 Å². The lowest BCUT2D eigenvalue weighted by molar-refractivity contribution is 0.373. The van der Waals surface area contributed by atoms with Crippen LogP contribution in [-0.4, -0.2) is 32.0 Å². The van der Waals surface area contributed by atoms with Crippen molar-refractivity contribution in [1.82, 2.24) is 19.7 Å². The molecule has 0 amide bonds. The number of anilines is 3. The molecule has 3 aromatic rings. The van der Waals surface area contributed by atoms with Crippen LogP contribution in [0.25, 0.3) is 5.82 Å². The molecule has 0 aliphatic rings. The Labute approximate surface area is 126 Å². The topological polar surface area (TPSA) is 111 Å². The van der Waals surface area contributed by atoms with Crippen molar-refractivity contribution in [3.05, 3.63) is 42.6 Å². The van der Waals surface area contributed by atoms with E-state index in [0.29, 0.717) is 23.2 Å². The van der Waals surface area contributed by atoms with E-state index in [-0.39, 0.29) is 11.7 Å². The van der Waals surface area contributed by atoms with Crippen molar-refractivity contribution in [3.8, 4) is 17.3 Å². The third-order valence-electron chi connectivity index (χ3n) is 2.93. The van der Waals surface area contributed by atoms with E-state index in [4.69, 9.17) is 10.5 Å². The van der Waals surface area contributed by atoms with E-state index < -0.39 is 0 Å². The van der Waals surface area contributed by atoms with Gasteiger partial charge in [-0.25, -0.2) is 4.98 Å². The number of phenols is 1. The fraction of sp³-hybridized carbons (Fsp3) is 0.0714. The molecule has 0 aliphatic heterocycles. The number of ether oxygens (including phenoxy) is 1. The number of benzene rings is 1. The first-order valence-corrected chi connectivity index (χ1v) is 6.45. The largest absolute Gasteiger partial charge is 0.504 e. The van der Waals surface area contributed by atoms with Crippen LogP contribution in [0.5, 0.6) is 11.5 Å². The molecule has 0 bridgehead atoms. The average molecular weight is 298 g/mol. The summed E-state index contributed by atoms with van der Waals surface area (Å²) in [4.78, 5) is 8.28. The monoisotopic (exact) mass is 298 g/mol. The molecule has 112 valence electrons. The van der Waals surface area contributed by atoms with Gasteiger partial charge < -0.3 is 20.9 Å². The number of nitrogens with zero attached hydrogens (tertiary/aromatic N) is 4. The molecule has 22 heavy (non-hydrogen) atoms. The van der Waals surface area contributed by atoms with Crippen LogP contribution in [0.15, 0.2) is 42.6 Å². The highest BCUT2D eigenvalue weighted by Gasteiger charge is 2.10. The molecule has 0 saturated carbocycles. The molecule has 8 nitrogen and oxygen atoms in total. The molecule has 0 atom stereocenters. The number of hydrogen-bond donors (Lipinski definition) is 3. The van der Waals surface area contributed by atoms with Gasteiger partial charge in [-0.05, 0) is 24.3 Å². The predicted octanol–water partition coefficient (Wildman–Crippen LogP) is 1.70. The first-order valence-electron chi connectivity index (χ1n) is 6.45. The Morgan fingerprint density at radius 2 is 2.14 bits per heavy atom. The van der Waals surface area contributed by atoms with Crippen molar-refractivity contribution in [2.45, 2.75) is 0 Å². The van der Waals surface area contributed by atoms with Crippen LogP contribution in [0.3, 0.4) is 0 Å². The summed E-state index contributed by atoms with van der Waals surface area (Å²) < 4.78 is 6.41. The smallest absolute Gasteiger partial charge is 0.248 e. The van der Waals surface area contributed by atoms with Crippen LogP contribution >= 0.6 is 0 Å². The summed E-state index contributed by atoms with van der Waals surface area (Å²) >= 11 is 0. The van der Waals surface area contributed by atoms with Crippen molar-refractivity contribution < 1.29 is 9.84 Å². The Balaban J connectivity index is 1.86. The Morgan fingerprint density at radius 3 is 2.82 bits per heavy atom. The molecule has 1 aromatic carbocycles. The van der Waals surface area contributed by atoms with Crippen molar-refractivity contribution in [2.75, 3.05) is 18.2 Å². The molecule has 8 heteroatoms. The maximum Gasteiger partial charge on any atom is 0.248 e. The normalized spacial score (nSPS) is 10.4. The number of pyridine rings is 1. The van der Waals surface area contributed by atoms with Gasteiger partial charge in [0.1, 0.15) is 0 Å². The quantitative estimate of drug-likeness (QED) is 0.672. The number of aromatic nitrogens is 4. The number of nitrogens with one attached hydrogen (secondary N) is 1. The summed E-state index contributed by atoms with van der Waals surface area (Å²) in [6.45, 7) is 0. The van der Waals surface area contributed by atoms with Crippen molar-refractivity contribution >= 4 is 17.6 Å². The molecular weight excluding hydrogens is 284 g/mol. The summed E-state index contributed by atoms with van der Waals surface area (Å²) in [7, 11) is 1.49. The maximum atomic E-state index is 9.76. The van der Waals surface area contributed by atoms with Gasteiger partial charge in [-0.1, -0.05) is 6.07 Å². The van der Waals surface area contributed by atoms with E-state index in [0.717, 1.165) is 0 Å². The SMILES string of the molecule is COc1ccc(Nc2nc(N)n(-c3ccccn3)n2)cc1O. The third kappa shape index (κ3) is 2.62. The number of rotatable bonds is 4. The Morgan fingerprint density at radius 1 is 1.27 bits per heavy atom. The second-order valence-electron chi connectivity index (χ2n) is 4.40. The van der Waals surface area contributed by atoms with Gasteiger partial charge in [0.2, 0.25) is 11.9 Å².